The number of benzene rings is 8. The van der Waals surface area contributed by atoms with E-state index in [9.17, 15) is 0 Å². The minimum atomic E-state index is 0.939. The molecule has 220 valence electrons. The van der Waals surface area contributed by atoms with Gasteiger partial charge < -0.3 is 9.32 Å². The van der Waals surface area contributed by atoms with Crippen LogP contribution in [0.2, 0.25) is 0 Å². The molecule has 0 saturated heterocycles. The van der Waals surface area contributed by atoms with E-state index in [0.29, 0.717) is 0 Å². The molecule has 0 saturated carbocycles. The van der Waals surface area contributed by atoms with Gasteiger partial charge in [-0.1, -0.05) is 109 Å². The summed E-state index contributed by atoms with van der Waals surface area (Å²) >= 11 is 1.85. The van der Waals surface area contributed by atoms with Crippen molar-refractivity contribution in [3.8, 4) is 22.3 Å². The normalized spacial score (nSPS) is 11.8. The minimum absolute atomic E-state index is 0.939. The van der Waals surface area contributed by atoms with Crippen LogP contribution in [0.1, 0.15) is 0 Å². The molecule has 47 heavy (non-hydrogen) atoms. The zero-order chi connectivity index (χ0) is 30.9. The zero-order valence-corrected chi connectivity index (χ0v) is 26.2. The van der Waals surface area contributed by atoms with Gasteiger partial charge in [0.05, 0.1) is 0 Å². The number of hydrogen-bond acceptors (Lipinski definition) is 3. The molecule has 2 aromatic heterocycles. The highest BCUT2D eigenvalue weighted by molar-refractivity contribution is 7.25. The lowest BCUT2D eigenvalue weighted by molar-refractivity contribution is 0.669. The van der Waals surface area contributed by atoms with Gasteiger partial charge in [0.1, 0.15) is 11.2 Å². The molecule has 2 heterocycles. The molecule has 10 aromatic rings. The molecule has 2 nitrogen and oxygen atoms in total. The van der Waals surface area contributed by atoms with E-state index in [2.05, 4.69) is 169 Å². The average molecular weight is 618 g/mol. The number of furan rings is 1. The van der Waals surface area contributed by atoms with Crippen molar-refractivity contribution in [3.05, 3.63) is 164 Å². The molecule has 0 amide bonds. The van der Waals surface area contributed by atoms with Crippen molar-refractivity contribution in [1.82, 2.24) is 0 Å². The quantitative estimate of drug-likeness (QED) is 0.179. The van der Waals surface area contributed by atoms with Gasteiger partial charge in [-0.2, -0.15) is 0 Å². The summed E-state index contributed by atoms with van der Waals surface area (Å²) in [5, 5.41) is 7.46. The first-order chi connectivity index (χ1) is 23.3. The van der Waals surface area contributed by atoms with Crippen molar-refractivity contribution in [2.75, 3.05) is 4.90 Å². The molecule has 0 atom stereocenters. The van der Waals surface area contributed by atoms with Gasteiger partial charge in [0.25, 0.3) is 0 Å². The Morgan fingerprint density at radius 3 is 1.89 bits per heavy atom. The van der Waals surface area contributed by atoms with Crippen LogP contribution in [0.15, 0.2) is 168 Å². The molecule has 3 heteroatoms. The van der Waals surface area contributed by atoms with Crippen LogP contribution < -0.4 is 4.90 Å². The Bertz CT molecular complexity index is 2720. The highest BCUT2D eigenvalue weighted by Gasteiger charge is 2.18. The molecule has 0 aliphatic heterocycles. The Morgan fingerprint density at radius 1 is 0.404 bits per heavy atom. The van der Waals surface area contributed by atoms with Gasteiger partial charge in [-0.3, -0.25) is 0 Å². The van der Waals surface area contributed by atoms with Crippen LogP contribution in [-0.4, -0.2) is 0 Å². The Kier molecular flexibility index (Phi) is 5.78. The van der Waals surface area contributed by atoms with Crippen molar-refractivity contribution in [3.63, 3.8) is 0 Å². The fourth-order valence-electron chi connectivity index (χ4n) is 7.22. The molecule has 8 aromatic carbocycles. The molecule has 0 spiro atoms. The second-order valence-corrected chi connectivity index (χ2v) is 13.2. The van der Waals surface area contributed by atoms with Crippen LogP contribution in [0, 0.1) is 0 Å². The number of nitrogens with zero attached hydrogens (tertiary/aromatic N) is 1. The molecule has 0 radical (unpaired) electrons. The van der Waals surface area contributed by atoms with E-state index in [1.807, 2.05) is 11.3 Å². The predicted molar refractivity (Wildman–Crippen MR) is 201 cm³/mol. The predicted octanol–water partition coefficient (Wildman–Crippen LogP) is 13.3. The van der Waals surface area contributed by atoms with Crippen molar-refractivity contribution >= 4 is 81.3 Å². The largest absolute Gasteiger partial charge is 0.456 e. The van der Waals surface area contributed by atoms with Gasteiger partial charge in [0.15, 0.2) is 0 Å². The second-order valence-electron chi connectivity index (χ2n) is 12.1. The van der Waals surface area contributed by atoms with Crippen LogP contribution in [0.4, 0.5) is 17.1 Å². The second kappa shape index (κ2) is 10.3. The molecule has 0 fully saturated rings. The average Bonchev–Trinajstić information content (AvgIpc) is 3.71. The summed E-state index contributed by atoms with van der Waals surface area (Å²) in [6.07, 6.45) is 0. The zero-order valence-electron chi connectivity index (χ0n) is 25.4. The van der Waals surface area contributed by atoms with Crippen molar-refractivity contribution in [1.29, 1.82) is 0 Å². The molecule has 0 aliphatic carbocycles. The maximum Gasteiger partial charge on any atom is 0.136 e. The standard InChI is InChI=1S/C44H27NOS/c1-2-7-28(8-3-1)29-13-18-32(19-14-29)45(34-22-24-37-36-10-4-5-12-41(36)47-42(37)27-34)33-20-15-30(16-21-33)35-25-26-40-44-38(35)23-17-31-9-6-11-39(46-40)43(31)44/h1-27H. The maximum absolute atomic E-state index is 6.23. The molecule has 0 unspecified atom stereocenters. The van der Waals surface area contributed by atoms with E-state index < -0.39 is 0 Å². The van der Waals surface area contributed by atoms with Gasteiger partial charge in [-0.05, 0) is 87.6 Å². The Labute approximate surface area is 275 Å². The Morgan fingerprint density at radius 2 is 1.06 bits per heavy atom. The van der Waals surface area contributed by atoms with Gasteiger partial charge in [-0.25, -0.2) is 0 Å². The number of rotatable bonds is 5. The molecule has 0 bridgehead atoms. The lowest BCUT2D eigenvalue weighted by Gasteiger charge is -2.26. The molecule has 10 rings (SSSR count). The number of fused-ring (bicyclic) bond motifs is 3. The SMILES string of the molecule is c1ccc(-c2ccc(N(c3ccc(-c4ccc5oc6cccc7ccc4c5c76)cc3)c3ccc4c(c3)sc3ccccc34)cc2)cc1. The van der Waals surface area contributed by atoms with Crippen LogP contribution in [0.3, 0.4) is 0 Å². The number of thiophene rings is 1. The summed E-state index contributed by atoms with van der Waals surface area (Å²) < 4.78 is 8.84. The lowest BCUT2D eigenvalue weighted by Crippen LogP contribution is -2.09. The summed E-state index contributed by atoms with van der Waals surface area (Å²) in [5.41, 5.74) is 10.1. The van der Waals surface area contributed by atoms with Gasteiger partial charge in [0.2, 0.25) is 0 Å². The molecule has 0 aliphatic rings. The summed E-state index contributed by atoms with van der Waals surface area (Å²) in [4.78, 5) is 2.37. The van der Waals surface area contributed by atoms with Crippen molar-refractivity contribution in [2.24, 2.45) is 0 Å². The summed E-state index contributed by atoms with van der Waals surface area (Å²) in [5.74, 6) is 0. The lowest BCUT2D eigenvalue weighted by atomic mass is 9.94. The Hall–Kier alpha value is -5.90. The van der Waals surface area contributed by atoms with Crippen molar-refractivity contribution in [2.45, 2.75) is 0 Å². The highest BCUT2D eigenvalue weighted by Crippen LogP contribution is 2.43. The van der Waals surface area contributed by atoms with Crippen LogP contribution >= 0.6 is 11.3 Å². The number of anilines is 3. The first-order valence-electron chi connectivity index (χ1n) is 15.9. The van der Waals surface area contributed by atoms with E-state index in [1.165, 1.54) is 64.0 Å². The smallest absolute Gasteiger partial charge is 0.136 e. The third-order valence-corrected chi connectivity index (χ3v) is 10.6. The first kappa shape index (κ1) is 26.3. The Balaban J connectivity index is 1.10. The van der Waals surface area contributed by atoms with E-state index in [-0.39, 0.29) is 0 Å². The summed E-state index contributed by atoms with van der Waals surface area (Å²) in [6.45, 7) is 0. The van der Waals surface area contributed by atoms with Crippen molar-refractivity contribution < 1.29 is 4.42 Å². The van der Waals surface area contributed by atoms with Gasteiger partial charge in [-0.15, -0.1) is 11.3 Å². The molecular formula is C44H27NOS. The summed E-state index contributed by atoms with van der Waals surface area (Å²) in [6, 6.07) is 59.1. The van der Waals surface area contributed by atoms with E-state index in [0.717, 1.165) is 28.2 Å². The van der Waals surface area contributed by atoms with E-state index in [1.54, 1.807) is 0 Å². The topological polar surface area (TPSA) is 16.4 Å². The monoisotopic (exact) mass is 617 g/mol. The van der Waals surface area contributed by atoms with E-state index >= 15 is 0 Å². The third-order valence-electron chi connectivity index (χ3n) is 9.45. The fraction of sp³-hybridized carbons (Fsp3) is 0. The number of hydrogen-bond donors (Lipinski definition) is 0. The first-order valence-corrected chi connectivity index (χ1v) is 16.7. The fourth-order valence-corrected chi connectivity index (χ4v) is 8.36. The van der Waals surface area contributed by atoms with Crippen LogP contribution in [-0.2, 0) is 0 Å². The third kappa shape index (κ3) is 4.17. The van der Waals surface area contributed by atoms with Crippen LogP contribution in [0.5, 0.6) is 0 Å². The molecule has 0 N–H and O–H groups in total. The minimum Gasteiger partial charge on any atom is -0.456 e. The van der Waals surface area contributed by atoms with Gasteiger partial charge in [0, 0.05) is 48.0 Å². The maximum atomic E-state index is 6.23. The van der Waals surface area contributed by atoms with Gasteiger partial charge >= 0.3 is 0 Å². The molecular weight excluding hydrogens is 591 g/mol. The highest BCUT2D eigenvalue weighted by atomic mass is 32.1. The van der Waals surface area contributed by atoms with E-state index in [4.69, 9.17) is 4.42 Å². The van der Waals surface area contributed by atoms with Crippen LogP contribution in [0.25, 0.3) is 75.1 Å². The summed E-state index contributed by atoms with van der Waals surface area (Å²) in [7, 11) is 0.